The summed E-state index contributed by atoms with van der Waals surface area (Å²) in [5, 5.41) is 4.47. The van der Waals surface area contributed by atoms with Crippen LogP contribution in [-0.4, -0.2) is 35.1 Å². The molecule has 120 valence electrons. The molecule has 7 heteroatoms. The largest absolute Gasteiger partial charge is 0.443 e. The third-order valence-corrected chi connectivity index (χ3v) is 3.15. The van der Waals surface area contributed by atoms with E-state index in [-0.39, 0.29) is 11.7 Å². The SMILES string of the molecule is CC(C)(C)OC(=O)NC(=O)NCCSC(=O)c1ccccc1. The summed E-state index contributed by atoms with van der Waals surface area (Å²) in [4.78, 5) is 34.6. The molecule has 0 aliphatic heterocycles. The number of alkyl carbamates (subject to hydrolysis) is 1. The number of carbonyl (C=O) groups is 3. The average molecular weight is 324 g/mol. The van der Waals surface area contributed by atoms with Gasteiger partial charge in [-0.25, -0.2) is 14.9 Å². The molecule has 0 unspecified atom stereocenters. The minimum Gasteiger partial charge on any atom is -0.443 e. The van der Waals surface area contributed by atoms with Crippen LogP contribution < -0.4 is 10.6 Å². The number of hydrogen-bond acceptors (Lipinski definition) is 5. The van der Waals surface area contributed by atoms with Crippen molar-refractivity contribution in [2.24, 2.45) is 0 Å². The molecule has 0 spiro atoms. The maximum Gasteiger partial charge on any atom is 0.415 e. The maximum atomic E-state index is 11.8. The quantitative estimate of drug-likeness (QED) is 0.832. The number of carbonyl (C=O) groups excluding carboxylic acids is 3. The van der Waals surface area contributed by atoms with Gasteiger partial charge in [-0.15, -0.1) is 0 Å². The van der Waals surface area contributed by atoms with Gasteiger partial charge in [0.05, 0.1) is 0 Å². The normalized spacial score (nSPS) is 10.7. The number of benzene rings is 1. The molecule has 0 aliphatic rings. The summed E-state index contributed by atoms with van der Waals surface area (Å²) in [7, 11) is 0. The second-order valence-corrected chi connectivity index (χ2v) is 6.45. The minimum atomic E-state index is -0.807. The molecule has 0 atom stereocenters. The van der Waals surface area contributed by atoms with Crippen molar-refractivity contribution in [2.75, 3.05) is 12.3 Å². The molecule has 3 amide bonds. The molecule has 0 radical (unpaired) electrons. The summed E-state index contributed by atoms with van der Waals surface area (Å²) < 4.78 is 4.94. The number of thioether (sulfide) groups is 1. The lowest BCUT2D eigenvalue weighted by atomic mass is 10.2. The standard InChI is InChI=1S/C15H20N2O4S/c1-15(2,3)21-14(20)17-13(19)16-9-10-22-12(18)11-7-5-4-6-8-11/h4-8H,9-10H2,1-3H3,(H2,16,17,19,20). The molecule has 0 saturated carbocycles. The molecular weight excluding hydrogens is 304 g/mol. The number of amides is 3. The lowest BCUT2D eigenvalue weighted by Crippen LogP contribution is -2.42. The fourth-order valence-electron chi connectivity index (χ4n) is 1.41. The number of urea groups is 1. The van der Waals surface area contributed by atoms with Crippen LogP contribution in [0.2, 0.25) is 0 Å². The van der Waals surface area contributed by atoms with Crippen molar-refractivity contribution >= 4 is 29.0 Å². The van der Waals surface area contributed by atoms with Crippen LogP contribution >= 0.6 is 11.8 Å². The van der Waals surface area contributed by atoms with Gasteiger partial charge in [0.15, 0.2) is 0 Å². The minimum absolute atomic E-state index is 0.0602. The molecule has 0 bridgehead atoms. The molecule has 1 aromatic rings. The van der Waals surface area contributed by atoms with Crippen molar-refractivity contribution in [3.63, 3.8) is 0 Å². The van der Waals surface area contributed by atoms with Crippen molar-refractivity contribution < 1.29 is 19.1 Å². The Bertz CT molecular complexity index is 526. The third kappa shape index (κ3) is 7.68. The molecule has 0 aromatic heterocycles. The van der Waals surface area contributed by atoms with Gasteiger partial charge >= 0.3 is 12.1 Å². The fraction of sp³-hybridized carbons (Fsp3) is 0.400. The van der Waals surface area contributed by atoms with Gasteiger partial charge in [0.25, 0.3) is 0 Å². The zero-order chi connectivity index (χ0) is 16.6. The third-order valence-electron chi connectivity index (χ3n) is 2.24. The van der Waals surface area contributed by atoms with Crippen LogP contribution in [0.25, 0.3) is 0 Å². The Hall–Kier alpha value is -2.02. The molecule has 0 saturated heterocycles. The Balaban J connectivity index is 2.20. The van der Waals surface area contributed by atoms with E-state index in [9.17, 15) is 14.4 Å². The van der Waals surface area contributed by atoms with E-state index < -0.39 is 17.7 Å². The van der Waals surface area contributed by atoms with Gasteiger partial charge in [0.2, 0.25) is 5.12 Å². The summed E-state index contributed by atoms with van der Waals surface area (Å²) in [5.41, 5.74) is -0.0480. The van der Waals surface area contributed by atoms with E-state index in [4.69, 9.17) is 4.74 Å². The van der Waals surface area contributed by atoms with Gasteiger partial charge in [-0.2, -0.15) is 0 Å². The van der Waals surface area contributed by atoms with Crippen LogP contribution in [0, 0.1) is 0 Å². The molecule has 22 heavy (non-hydrogen) atoms. The van der Waals surface area contributed by atoms with Crippen molar-refractivity contribution in [1.29, 1.82) is 0 Å². The molecule has 0 aliphatic carbocycles. The molecule has 0 heterocycles. The van der Waals surface area contributed by atoms with Crippen LogP contribution in [0.15, 0.2) is 30.3 Å². The first-order valence-electron chi connectivity index (χ1n) is 6.78. The van der Waals surface area contributed by atoms with E-state index in [2.05, 4.69) is 10.6 Å². The highest BCUT2D eigenvalue weighted by atomic mass is 32.2. The summed E-state index contributed by atoms with van der Waals surface area (Å²) in [5.74, 6) is 0.412. The highest BCUT2D eigenvalue weighted by Gasteiger charge is 2.17. The molecule has 1 aromatic carbocycles. The first kappa shape index (κ1) is 18.0. The monoisotopic (exact) mass is 324 g/mol. The van der Waals surface area contributed by atoms with E-state index in [0.717, 1.165) is 11.8 Å². The zero-order valence-electron chi connectivity index (χ0n) is 12.8. The van der Waals surface area contributed by atoms with Crippen molar-refractivity contribution in [2.45, 2.75) is 26.4 Å². The molecule has 2 N–H and O–H groups in total. The second kappa shape index (κ2) is 8.43. The Labute approximate surface area is 134 Å². The molecular formula is C15H20N2O4S. The van der Waals surface area contributed by atoms with Gasteiger partial charge in [0, 0.05) is 17.9 Å². The van der Waals surface area contributed by atoms with Gasteiger partial charge in [0.1, 0.15) is 5.60 Å². The molecule has 6 nitrogen and oxygen atoms in total. The Morgan fingerprint density at radius 1 is 1.14 bits per heavy atom. The first-order valence-corrected chi connectivity index (χ1v) is 7.76. The van der Waals surface area contributed by atoms with Crippen LogP contribution in [0.5, 0.6) is 0 Å². The summed E-state index contributed by atoms with van der Waals surface area (Å²) in [6.07, 6.45) is -0.807. The van der Waals surface area contributed by atoms with Crippen LogP contribution in [-0.2, 0) is 4.74 Å². The Morgan fingerprint density at radius 2 is 1.77 bits per heavy atom. The van der Waals surface area contributed by atoms with Crippen molar-refractivity contribution in [3.8, 4) is 0 Å². The fourth-order valence-corrected chi connectivity index (χ4v) is 2.10. The molecule has 1 rings (SSSR count). The zero-order valence-corrected chi connectivity index (χ0v) is 13.7. The van der Waals surface area contributed by atoms with Gasteiger partial charge in [-0.3, -0.25) is 4.79 Å². The smallest absolute Gasteiger partial charge is 0.415 e. The summed E-state index contributed by atoms with van der Waals surface area (Å²) in [6.45, 7) is 5.38. The summed E-state index contributed by atoms with van der Waals surface area (Å²) in [6, 6.07) is 8.24. The molecule has 0 fully saturated rings. The number of hydrogen-bond donors (Lipinski definition) is 2. The topological polar surface area (TPSA) is 84.5 Å². The second-order valence-electron chi connectivity index (χ2n) is 5.38. The van der Waals surface area contributed by atoms with Crippen molar-refractivity contribution in [3.05, 3.63) is 35.9 Å². The van der Waals surface area contributed by atoms with E-state index in [1.807, 2.05) is 6.07 Å². The number of nitrogens with one attached hydrogen (secondary N) is 2. The Morgan fingerprint density at radius 3 is 2.36 bits per heavy atom. The number of ether oxygens (including phenoxy) is 1. The van der Waals surface area contributed by atoms with Crippen LogP contribution in [0.1, 0.15) is 31.1 Å². The first-order chi connectivity index (χ1) is 10.3. The average Bonchev–Trinajstić information content (AvgIpc) is 2.42. The highest BCUT2D eigenvalue weighted by Crippen LogP contribution is 2.11. The predicted molar refractivity (Wildman–Crippen MR) is 86.0 cm³/mol. The lowest BCUT2D eigenvalue weighted by molar-refractivity contribution is 0.0547. The number of imide groups is 1. The van der Waals surface area contributed by atoms with E-state index in [1.165, 1.54) is 0 Å². The van der Waals surface area contributed by atoms with Gasteiger partial charge in [-0.05, 0) is 20.8 Å². The maximum absolute atomic E-state index is 11.8. The van der Waals surface area contributed by atoms with E-state index in [0.29, 0.717) is 11.3 Å². The predicted octanol–water partition coefficient (Wildman–Crippen LogP) is 2.79. The van der Waals surface area contributed by atoms with Crippen LogP contribution in [0.4, 0.5) is 9.59 Å². The Kier molecular flexibility index (Phi) is 6.91. The van der Waals surface area contributed by atoms with Gasteiger partial charge in [-0.1, -0.05) is 42.1 Å². The van der Waals surface area contributed by atoms with E-state index in [1.54, 1.807) is 45.0 Å². The summed E-state index contributed by atoms with van der Waals surface area (Å²) >= 11 is 1.10. The van der Waals surface area contributed by atoms with Crippen molar-refractivity contribution in [1.82, 2.24) is 10.6 Å². The number of rotatable bonds is 4. The lowest BCUT2D eigenvalue weighted by Gasteiger charge is -2.19. The van der Waals surface area contributed by atoms with E-state index >= 15 is 0 Å². The van der Waals surface area contributed by atoms with Crippen LogP contribution in [0.3, 0.4) is 0 Å². The van der Waals surface area contributed by atoms with Gasteiger partial charge < -0.3 is 10.1 Å². The highest BCUT2D eigenvalue weighted by molar-refractivity contribution is 8.14.